The summed E-state index contributed by atoms with van der Waals surface area (Å²) in [4.78, 5) is 4.89. The highest BCUT2D eigenvalue weighted by molar-refractivity contribution is 7.71. The molecule has 0 aliphatic carbocycles. The van der Waals surface area contributed by atoms with Gasteiger partial charge in [0.15, 0.2) is 5.84 Å². The van der Waals surface area contributed by atoms with Gasteiger partial charge in [-0.15, -0.1) is 15.3 Å². The van der Waals surface area contributed by atoms with E-state index in [0.29, 0.717) is 28.1 Å². The number of halogens is 1. The van der Waals surface area contributed by atoms with Crippen molar-refractivity contribution in [2.45, 2.75) is 0 Å². The van der Waals surface area contributed by atoms with E-state index in [2.05, 4.69) is 25.4 Å². The molecular formula is C22H16ClN5O2S. The fourth-order valence-electron chi connectivity index (χ4n) is 2.65. The first-order valence-corrected chi connectivity index (χ1v) is 9.96. The van der Waals surface area contributed by atoms with Crippen LogP contribution in [0.3, 0.4) is 0 Å². The Morgan fingerprint density at radius 3 is 2.26 bits per heavy atom. The summed E-state index contributed by atoms with van der Waals surface area (Å²) < 4.78 is 10.6. The quantitative estimate of drug-likeness (QED) is 0.155. The lowest BCUT2D eigenvalue weighted by atomic mass is 10.2. The lowest BCUT2D eigenvalue weighted by Gasteiger charge is -2.04. The number of amidine groups is 1. The highest BCUT2D eigenvalue weighted by Gasteiger charge is 2.07. The highest BCUT2D eigenvalue weighted by atomic mass is 35.5. The molecule has 3 aromatic carbocycles. The minimum atomic E-state index is 0.224. The van der Waals surface area contributed by atoms with Crippen molar-refractivity contribution in [2.75, 3.05) is 7.11 Å². The summed E-state index contributed by atoms with van der Waals surface area (Å²) >= 11 is 10.9. The normalized spacial score (nSPS) is 11.7. The fourth-order valence-corrected chi connectivity index (χ4v) is 2.90. The Balaban J connectivity index is 1.67. The molecule has 1 heterocycles. The molecule has 9 heteroatoms. The Morgan fingerprint density at radius 2 is 1.65 bits per heavy atom. The number of aromatic amines is 1. The number of benzene rings is 3. The fraction of sp³-hybridized carbons (Fsp3) is 0.0455. The number of aromatic nitrogens is 2. The molecule has 0 aliphatic rings. The van der Waals surface area contributed by atoms with Crippen molar-refractivity contribution in [2.24, 2.45) is 15.2 Å². The van der Waals surface area contributed by atoms with Crippen LogP contribution >= 0.6 is 23.8 Å². The van der Waals surface area contributed by atoms with E-state index >= 15 is 0 Å². The lowest BCUT2D eigenvalue weighted by Crippen LogP contribution is -1.96. The van der Waals surface area contributed by atoms with Crippen molar-refractivity contribution in [3.8, 4) is 17.2 Å². The zero-order valence-electron chi connectivity index (χ0n) is 16.3. The Hall–Kier alpha value is -3.62. The van der Waals surface area contributed by atoms with Crippen LogP contribution < -0.4 is 4.74 Å². The van der Waals surface area contributed by atoms with E-state index in [1.807, 2.05) is 48.5 Å². The number of aliphatic imine (C=N–C) groups is 1. The number of hydrogen-bond donors (Lipinski definition) is 1. The SMILES string of the molecule is COc1ccc(C(N=Nc2ccc(Cl)cc2)=Nc2ccc(-c3n[nH]c(=S)o3)cc2)cc1. The molecule has 1 N–H and O–H groups in total. The van der Waals surface area contributed by atoms with Crippen LogP contribution in [0.2, 0.25) is 5.02 Å². The van der Waals surface area contributed by atoms with Crippen molar-refractivity contribution in [3.63, 3.8) is 0 Å². The molecule has 1 aromatic heterocycles. The van der Waals surface area contributed by atoms with Gasteiger partial charge in [0, 0.05) is 16.1 Å². The van der Waals surface area contributed by atoms with Crippen molar-refractivity contribution >= 4 is 41.0 Å². The van der Waals surface area contributed by atoms with Gasteiger partial charge in [-0.3, -0.25) is 0 Å². The predicted octanol–water partition coefficient (Wildman–Crippen LogP) is 6.92. The largest absolute Gasteiger partial charge is 0.497 e. The molecular weight excluding hydrogens is 434 g/mol. The maximum Gasteiger partial charge on any atom is 0.284 e. The molecule has 0 aliphatic heterocycles. The second-order valence-corrected chi connectivity index (χ2v) is 7.11. The summed E-state index contributed by atoms with van der Waals surface area (Å²) in [7, 11) is 1.62. The Bertz CT molecular complexity index is 1280. The summed E-state index contributed by atoms with van der Waals surface area (Å²) in [5, 5.41) is 15.9. The summed E-state index contributed by atoms with van der Waals surface area (Å²) in [6, 6.07) is 21.9. The Morgan fingerprint density at radius 1 is 0.968 bits per heavy atom. The molecule has 31 heavy (non-hydrogen) atoms. The van der Waals surface area contributed by atoms with Gasteiger partial charge in [-0.25, -0.2) is 10.1 Å². The summed E-state index contributed by atoms with van der Waals surface area (Å²) in [5.41, 5.74) is 2.93. The van der Waals surface area contributed by atoms with Gasteiger partial charge < -0.3 is 9.15 Å². The molecule has 154 valence electrons. The summed E-state index contributed by atoms with van der Waals surface area (Å²) in [5.74, 6) is 1.60. The highest BCUT2D eigenvalue weighted by Crippen LogP contribution is 2.23. The smallest absolute Gasteiger partial charge is 0.284 e. The van der Waals surface area contributed by atoms with Crippen LogP contribution in [-0.2, 0) is 0 Å². The van der Waals surface area contributed by atoms with Crippen LogP contribution in [0.1, 0.15) is 5.56 Å². The molecule has 4 aromatic rings. The second kappa shape index (κ2) is 9.46. The topological polar surface area (TPSA) is 88.1 Å². The molecule has 0 amide bonds. The van der Waals surface area contributed by atoms with Gasteiger partial charge in [-0.05, 0) is 85.0 Å². The van der Waals surface area contributed by atoms with E-state index < -0.39 is 0 Å². The van der Waals surface area contributed by atoms with Crippen LogP contribution in [0.4, 0.5) is 11.4 Å². The third-order valence-corrected chi connectivity index (χ3v) is 4.65. The van der Waals surface area contributed by atoms with E-state index in [4.69, 9.17) is 33.0 Å². The number of ether oxygens (including phenoxy) is 1. The first-order valence-electron chi connectivity index (χ1n) is 9.17. The number of nitrogens with zero attached hydrogens (tertiary/aromatic N) is 4. The van der Waals surface area contributed by atoms with Crippen molar-refractivity contribution in [1.29, 1.82) is 0 Å². The molecule has 0 bridgehead atoms. The maximum absolute atomic E-state index is 5.94. The van der Waals surface area contributed by atoms with Gasteiger partial charge in [0.2, 0.25) is 5.89 Å². The minimum Gasteiger partial charge on any atom is -0.497 e. The first-order chi connectivity index (χ1) is 15.1. The van der Waals surface area contributed by atoms with Crippen LogP contribution in [0.5, 0.6) is 5.75 Å². The Labute approximate surface area is 188 Å². The molecule has 0 unspecified atom stereocenters. The molecule has 0 fully saturated rings. The summed E-state index contributed by atoms with van der Waals surface area (Å²) in [6.45, 7) is 0. The molecule has 7 nitrogen and oxygen atoms in total. The van der Waals surface area contributed by atoms with Crippen LogP contribution in [0, 0.1) is 4.84 Å². The van der Waals surface area contributed by atoms with Gasteiger partial charge in [0.25, 0.3) is 4.84 Å². The number of hydrogen-bond acceptors (Lipinski definition) is 6. The molecule has 0 atom stereocenters. The minimum absolute atomic E-state index is 0.224. The first kappa shape index (κ1) is 20.6. The maximum atomic E-state index is 5.94. The molecule has 0 saturated heterocycles. The average Bonchev–Trinajstić information content (AvgIpc) is 3.24. The number of azo groups is 1. The van der Waals surface area contributed by atoms with Crippen molar-refractivity contribution < 1.29 is 9.15 Å². The van der Waals surface area contributed by atoms with Gasteiger partial charge in [0.05, 0.1) is 18.5 Å². The number of H-pyrrole nitrogens is 1. The predicted molar refractivity (Wildman–Crippen MR) is 122 cm³/mol. The zero-order valence-corrected chi connectivity index (χ0v) is 17.9. The van der Waals surface area contributed by atoms with Gasteiger partial charge >= 0.3 is 0 Å². The van der Waals surface area contributed by atoms with Crippen molar-refractivity contribution in [1.82, 2.24) is 10.2 Å². The standard InChI is InChI=1S/C22H16ClN5O2S/c1-29-19-12-4-14(5-13-19)20(26-25-18-10-6-16(23)7-11-18)24-17-8-2-15(3-9-17)21-27-28-22(31)30-21/h2-13H,1H3,(H,28,31). The molecule has 4 rings (SSSR count). The van der Waals surface area contributed by atoms with E-state index in [9.17, 15) is 0 Å². The second-order valence-electron chi connectivity index (χ2n) is 6.31. The van der Waals surface area contributed by atoms with E-state index in [1.165, 1.54) is 0 Å². The number of methoxy groups -OCH3 is 1. The van der Waals surface area contributed by atoms with Gasteiger partial charge in [-0.2, -0.15) is 0 Å². The van der Waals surface area contributed by atoms with Crippen LogP contribution in [0.15, 0.2) is 92.4 Å². The monoisotopic (exact) mass is 449 g/mol. The Kier molecular flexibility index (Phi) is 6.30. The van der Waals surface area contributed by atoms with E-state index in [1.54, 1.807) is 31.4 Å². The third-order valence-electron chi connectivity index (χ3n) is 4.22. The van der Waals surface area contributed by atoms with Gasteiger partial charge in [0.1, 0.15) is 5.75 Å². The van der Waals surface area contributed by atoms with Gasteiger partial charge in [-0.1, -0.05) is 11.6 Å². The third kappa shape index (κ3) is 5.30. The number of nitrogens with one attached hydrogen (secondary N) is 1. The lowest BCUT2D eigenvalue weighted by molar-refractivity contribution is 0.415. The van der Waals surface area contributed by atoms with E-state index in [-0.39, 0.29) is 4.84 Å². The molecule has 0 radical (unpaired) electrons. The van der Waals surface area contributed by atoms with E-state index in [0.717, 1.165) is 16.9 Å². The molecule has 0 spiro atoms. The zero-order chi connectivity index (χ0) is 21.6. The molecule has 0 saturated carbocycles. The summed E-state index contributed by atoms with van der Waals surface area (Å²) in [6.07, 6.45) is 0. The van der Waals surface area contributed by atoms with Crippen LogP contribution in [0.25, 0.3) is 11.5 Å². The number of rotatable bonds is 5. The van der Waals surface area contributed by atoms with Crippen LogP contribution in [-0.4, -0.2) is 23.1 Å². The van der Waals surface area contributed by atoms with Crippen molar-refractivity contribution in [3.05, 3.63) is 88.2 Å². The average molecular weight is 450 g/mol.